The van der Waals surface area contributed by atoms with Crippen LogP contribution in [0, 0.1) is 0 Å². The van der Waals surface area contributed by atoms with E-state index < -0.39 is 5.97 Å². The van der Waals surface area contributed by atoms with Crippen molar-refractivity contribution in [3.05, 3.63) is 30.4 Å². The number of carboxylic acids is 1. The van der Waals surface area contributed by atoms with Crippen LogP contribution < -0.4 is 0 Å². The molecule has 0 aliphatic carbocycles. The predicted molar refractivity (Wildman–Crippen MR) is 83.0 cm³/mol. The summed E-state index contributed by atoms with van der Waals surface area (Å²) in [7, 11) is 0. The lowest BCUT2D eigenvalue weighted by atomic mass is 9.96. The summed E-state index contributed by atoms with van der Waals surface area (Å²) in [6.45, 7) is 1.15. The molecule has 126 valence electrons. The monoisotopic (exact) mass is 330 g/mol. The van der Waals surface area contributed by atoms with E-state index in [-0.39, 0.29) is 24.7 Å². The van der Waals surface area contributed by atoms with Crippen LogP contribution in [0.3, 0.4) is 0 Å². The molecule has 1 amide bonds. The predicted octanol–water partition coefficient (Wildman–Crippen LogP) is 1.70. The van der Waals surface area contributed by atoms with Gasteiger partial charge in [0.1, 0.15) is 0 Å². The fourth-order valence-electron chi connectivity index (χ4n) is 2.76. The first-order chi connectivity index (χ1) is 11.6. The third kappa shape index (κ3) is 3.76. The van der Waals surface area contributed by atoms with Gasteiger partial charge >= 0.3 is 5.97 Å². The zero-order valence-corrected chi connectivity index (χ0v) is 13.1. The second kappa shape index (κ2) is 7.20. The van der Waals surface area contributed by atoms with Crippen molar-refractivity contribution in [2.75, 3.05) is 13.1 Å². The van der Waals surface area contributed by atoms with E-state index in [4.69, 9.17) is 9.63 Å². The van der Waals surface area contributed by atoms with Gasteiger partial charge in [0, 0.05) is 43.4 Å². The molecule has 8 heteroatoms. The van der Waals surface area contributed by atoms with Gasteiger partial charge in [0.2, 0.25) is 17.6 Å². The van der Waals surface area contributed by atoms with Crippen molar-refractivity contribution in [1.29, 1.82) is 0 Å². The molecule has 3 rings (SSSR count). The smallest absolute Gasteiger partial charge is 0.303 e. The van der Waals surface area contributed by atoms with Crippen molar-refractivity contribution in [3.63, 3.8) is 0 Å². The zero-order valence-electron chi connectivity index (χ0n) is 13.1. The van der Waals surface area contributed by atoms with Crippen LogP contribution in [0.15, 0.2) is 29.0 Å². The van der Waals surface area contributed by atoms with Crippen molar-refractivity contribution < 1.29 is 19.2 Å². The maximum absolute atomic E-state index is 11.9. The van der Waals surface area contributed by atoms with Gasteiger partial charge in [0.25, 0.3) is 0 Å². The van der Waals surface area contributed by atoms with E-state index in [9.17, 15) is 9.59 Å². The van der Waals surface area contributed by atoms with Crippen molar-refractivity contribution in [2.45, 2.75) is 31.6 Å². The number of amides is 1. The molecule has 0 spiro atoms. The third-order valence-electron chi connectivity index (χ3n) is 4.11. The number of carboxylic acid groups (broad SMARTS) is 1. The highest BCUT2D eigenvalue weighted by atomic mass is 16.5. The summed E-state index contributed by atoms with van der Waals surface area (Å²) < 4.78 is 5.36. The van der Waals surface area contributed by atoms with Gasteiger partial charge in [-0.1, -0.05) is 5.16 Å². The van der Waals surface area contributed by atoms with Crippen LogP contribution >= 0.6 is 0 Å². The lowest BCUT2D eigenvalue weighted by Crippen LogP contribution is -2.38. The molecule has 2 aromatic heterocycles. The van der Waals surface area contributed by atoms with Crippen LogP contribution in [0.4, 0.5) is 0 Å². The molecule has 1 saturated heterocycles. The SMILES string of the molecule is O=C(O)CCC(=O)N1CCC(c2nc(-c3cccnc3)no2)CC1. The molecule has 1 aliphatic rings. The van der Waals surface area contributed by atoms with Gasteiger partial charge in [-0.2, -0.15) is 4.98 Å². The number of rotatable bonds is 5. The second-order valence-electron chi connectivity index (χ2n) is 5.75. The standard InChI is InChI=1S/C16H18N4O4/c21-13(3-4-14(22)23)20-8-5-11(6-9-20)16-18-15(19-24-16)12-2-1-7-17-10-12/h1-2,7,10-11H,3-6,8-9H2,(H,22,23). The highest BCUT2D eigenvalue weighted by molar-refractivity contribution is 5.80. The quantitative estimate of drug-likeness (QED) is 0.888. The number of aliphatic carboxylic acids is 1. The number of aromatic nitrogens is 3. The van der Waals surface area contributed by atoms with Crippen LogP contribution in [0.2, 0.25) is 0 Å². The van der Waals surface area contributed by atoms with E-state index in [0.29, 0.717) is 24.8 Å². The van der Waals surface area contributed by atoms with Crippen molar-refractivity contribution in [3.8, 4) is 11.4 Å². The van der Waals surface area contributed by atoms with Gasteiger partial charge < -0.3 is 14.5 Å². The minimum Gasteiger partial charge on any atom is -0.481 e. The Hall–Kier alpha value is -2.77. The molecule has 0 atom stereocenters. The minimum atomic E-state index is -0.952. The molecule has 0 radical (unpaired) electrons. The van der Waals surface area contributed by atoms with Crippen LogP contribution in [-0.4, -0.2) is 50.1 Å². The first kappa shape index (κ1) is 16.1. The van der Waals surface area contributed by atoms with Crippen LogP contribution in [0.1, 0.15) is 37.5 Å². The topological polar surface area (TPSA) is 109 Å². The summed E-state index contributed by atoms with van der Waals surface area (Å²) >= 11 is 0. The summed E-state index contributed by atoms with van der Waals surface area (Å²) in [5.41, 5.74) is 0.800. The fraction of sp³-hybridized carbons (Fsp3) is 0.438. The van der Waals surface area contributed by atoms with E-state index in [2.05, 4.69) is 15.1 Å². The van der Waals surface area contributed by atoms with Crippen molar-refractivity contribution >= 4 is 11.9 Å². The summed E-state index contributed by atoms with van der Waals surface area (Å²) in [4.78, 5) is 32.7. The van der Waals surface area contributed by atoms with Crippen LogP contribution in [0.25, 0.3) is 11.4 Å². The molecule has 1 N–H and O–H groups in total. The molecule has 0 bridgehead atoms. The number of nitrogens with zero attached hydrogens (tertiary/aromatic N) is 4. The Kier molecular flexibility index (Phi) is 4.83. The molecule has 0 saturated carbocycles. The highest BCUT2D eigenvalue weighted by Crippen LogP contribution is 2.28. The molecule has 0 unspecified atom stereocenters. The van der Waals surface area contributed by atoms with E-state index in [1.54, 1.807) is 17.3 Å². The van der Waals surface area contributed by atoms with E-state index in [0.717, 1.165) is 18.4 Å². The average Bonchev–Trinajstić information content (AvgIpc) is 3.10. The lowest BCUT2D eigenvalue weighted by Gasteiger charge is -2.30. The Morgan fingerprint density at radius 2 is 2.08 bits per heavy atom. The highest BCUT2D eigenvalue weighted by Gasteiger charge is 2.27. The number of likely N-dealkylation sites (tertiary alicyclic amines) is 1. The Morgan fingerprint density at radius 3 is 2.75 bits per heavy atom. The maximum atomic E-state index is 11.9. The number of hydrogen-bond acceptors (Lipinski definition) is 6. The van der Waals surface area contributed by atoms with Gasteiger partial charge in [0.15, 0.2) is 0 Å². The van der Waals surface area contributed by atoms with Crippen molar-refractivity contribution in [2.24, 2.45) is 0 Å². The minimum absolute atomic E-state index is 0.0473. The van der Waals surface area contributed by atoms with E-state index in [1.807, 2.05) is 12.1 Å². The molecule has 24 heavy (non-hydrogen) atoms. The Morgan fingerprint density at radius 1 is 1.29 bits per heavy atom. The molecular weight excluding hydrogens is 312 g/mol. The Balaban J connectivity index is 1.56. The Labute approximate surface area is 138 Å². The van der Waals surface area contributed by atoms with Gasteiger partial charge in [-0.3, -0.25) is 14.6 Å². The second-order valence-corrected chi connectivity index (χ2v) is 5.75. The molecule has 1 fully saturated rings. The summed E-state index contributed by atoms with van der Waals surface area (Å²) in [6, 6.07) is 3.68. The molecular formula is C16H18N4O4. The lowest BCUT2D eigenvalue weighted by molar-refractivity contribution is -0.141. The largest absolute Gasteiger partial charge is 0.481 e. The van der Waals surface area contributed by atoms with Gasteiger partial charge in [-0.05, 0) is 25.0 Å². The summed E-state index contributed by atoms with van der Waals surface area (Å²) in [6.07, 6.45) is 4.74. The Bertz CT molecular complexity index is 708. The summed E-state index contributed by atoms with van der Waals surface area (Å²) in [5.74, 6) is 0.139. The van der Waals surface area contributed by atoms with Crippen molar-refractivity contribution in [1.82, 2.24) is 20.0 Å². The van der Waals surface area contributed by atoms with E-state index >= 15 is 0 Å². The molecule has 3 heterocycles. The maximum Gasteiger partial charge on any atom is 0.303 e. The zero-order chi connectivity index (χ0) is 16.9. The molecule has 0 aromatic carbocycles. The van der Waals surface area contributed by atoms with Gasteiger partial charge in [-0.25, -0.2) is 0 Å². The number of pyridine rings is 1. The van der Waals surface area contributed by atoms with Gasteiger partial charge in [0.05, 0.1) is 6.42 Å². The summed E-state index contributed by atoms with van der Waals surface area (Å²) in [5, 5.41) is 12.6. The van der Waals surface area contributed by atoms with E-state index in [1.165, 1.54) is 0 Å². The molecule has 8 nitrogen and oxygen atoms in total. The molecule has 1 aliphatic heterocycles. The third-order valence-corrected chi connectivity index (χ3v) is 4.11. The number of hydrogen-bond donors (Lipinski definition) is 1. The number of carbonyl (C=O) groups is 2. The first-order valence-corrected chi connectivity index (χ1v) is 7.87. The van der Waals surface area contributed by atoms with Crippen LogP contribution in [0.5, 0.6) is 0 Å². The molecule has 2 aromatic rings. The fourth-order valence-corrected chi connectivity index (χ4v) is 2.76. The average molecular weight is 330 g/mol. The first-order valence-electron chi connectivity index (χ1n) is 7.87. The number of piperidine rings is 1. The van der Waals surface area contributed by atoms with Crippen LogP contribution in [-0.2, 0) is 9.59 Å². The normalized spacial score (nSPS) is 15.4. The van der Waals surface area contributed by atoms with Gasteiger partial charge in [-0.15, -0.1) is 0 Å². The number of carbonyl (C=O) groups excluding carboxylic acids is 1.